The van der Waals surface area contributed by atoms with E-state index in [0.29, 0.717) is 6.04 Å². The van der Waals surface area contributed by atoms with E-state index in [-0.39, 0.29) is 0 Å². The van der Waals surface area contributed by atoms with Crippen molar-refractivity contribution >= 4 is 0 Å². The van der Waals surface area contributed by atoms with E-state index in [0.717, 1.165) is 31.2 Å². The first-order valence-electron chi connectivity index (χ1n) is 7.89. The number of para-hydroxylation sites is 1. The highest BCUT2D eigenvalue weighted by atomic mass is 16.5. The molecular weight excluding hydrogens is 258 g/mol. The molecule has 0 saturated heterocycles. The van der Waals surface area contributed by atoms with Crippen LogP contribution in [-0.4, -0.2) is 13.2 Å². The first-order chi connectivity index (χ1) is 10.4. The molecule has 1 saturated carbocycles. The van der Waals surface area contributed by atoms with E-state index in [9.17, 15) is 0 Å². The van der Waals surface area contributed by atoms with Gasteiger partial charge in [0.15, 0.2) is 0 Å². The van der Waals surface area contributed by atoms with Gasteiger partial charge in [-0.15, -0.1) is 0 Å². The molecule has 0 aromatic heterocycles. The van der Waals surface area contributed by atoms with Crippen LogP contribution in [0.4, 0.5) is 0 Å². The van der Waals surface area contributed by atoms with Crippen molar-refractivity contribution in [3.05, 3.63) is 66.2 Å². The molecule has 0 amide bonds. The molecule has 110 valence electrons. The standard InChI is InChI=1S/C19H23NO/c1-3-8-16(9-4-1)19(17-12-13-17)20-14-7-15-21-18-10-5-2-6-11-18/h1-6,8-11,17,19-20H,7,12-15H2. The zero-order valence-corrected chi connectivity index (χ0v) is 12.4. The molecule has 1 atom stereocenters. The monoisotopic (exact) mass is 281 g/mol. The number of nitrogens with one attached hydrogen (secondary N) is 1. The van der Waals surface area contributed by atoms with Crippen LogP contribution in [-0.2, 0) is 0 Å². The summed E-state index contributed by atoms with van der Waals surface area (Å²) in [6.45, 7) is 1.77. The van der Waals surface area contributed by atoms with Gasteiger partial charge in [-0.2, -0.15) is 0 Å². The van der Waals surface area contributed by atoms with Gasteiger partial charge in [-0.1, -0.05) is 48.5 Å². The second kappa shape index (κ2) is 7.28. The topological polar surface area (TPSA) is 21.3 Å². The number of ether oxygens (including phenoxy) is 1. The molecule has 1 fully saturated rings. The van der Waals surface area contributed by atoms with Gasteiger partial charge in [0.2, 0.25) is 0 Å². The van der Waals surface area contributed by atoms with Gasteiger partial charge in [-0.05, 0) is 49.4 Å². The highest BCUT2D eigenvalue weighted by Crippen LogP contribution is 2.40. The van der Waals surface area contributed by atoms with Crippen LogP contribution in [0.15, 0.2) is 60.7 Å². The maximum absolute atomic E-state index is 5.73. The Bertz CT molecular complexity index is 522. The maximum Gasteiger partial charge on any atom is 0.119 e. The molecule has 0 spiro atoms. The van der Waals surface area contributed by atoms with Gasteiger partial charge in [0.25, 0.3) is 0 Å². The third kappa shape index (κ3) is 4.33. The summed E-state index contributed by atoms with van der Waals surface area (Å²) in [6.07, 6.45) is 3.74. The Hall–Kier alpha value is -1.80. The number of rotatable bonds is 8. The van der Waals surface area contributed by atoms with Crippen molar-refractivity contribution in [3.63, 3.8) is 0 Å². The summed E-state index contributed by atoms with van der Waals surface area (Å²) in [5.74, 6) is 1.78. The highest BCUT2D eigenvalue weighted by Gasteiger charge is 2.31. The SMILES string of the molecule is c1ccc(OCCCNC(c2ccccc2)C2CC2)cc1. The first-order valence-corrected chi connectivity index (χ1v) is 7.89. The largest absolute Gasteiger partial charge is 0.494 e. The molecule has 1 N–H and O–H groups in total. The lowest BCUT2D eigenvalue weighted by atomic mass is 10.0. The fraction of sp³-hybridized carbons (Fsp3) is 0.368. The van der Waals surface area contributed by atoms with Crippen LogP contribution in [0.5, 0.6) is 5.75 Å². The molecule has 3 rings (SSSR count). The maximum atomic E-state index is 5.73. The molecule has 0 bridgehead atoms. The molecule has 1 aliphatic rings. The number of hydrogen-bond donors (Lipinski definition) is 1. The minimum Gasteiger partial charge on any atom is -0.494 e. The van der Waals surface area contributed by atoms with Gasteiger partial charge in [-0.3, -0.25) is 0 Å². The molecule has 0 heterocycles. The predicted molar refractivity (Wildman–Crippen MR) is 86.5 cm³/mol. The van der Waals surface area contributed by atoms with E-state index in [4.69, 9.17) is 4.74 Å². The summed E-state index contributed by atoms with van der Waals surface area (Å²) < 4.78 is 5.73. The van der Waals surface area contributed by atoms with E-state index in [1.165, 1.54) is 18.4 Å². The van der Waals surface area contributed by atoms with Crippen LogP contribution in [0.25, 0.3) is 0 Å². The van der Waals surface area contributed by atoms with E-state index >= 15 is 0 Å². The summed E-state index contributed by atoms with van der Waals surface area (Å²) in [7, 11) is 0. The molecule has 0 aliphatic heterocycles. The summed E-state index contributed by atoms with van der Waals surface area (Å²) in [5.41, 5.74) is 1.42. The average Bonchev–Trinajstić information content (AvgIpc) is 3.37. The summed E-state index contributed by atoms with van der Waals surface area (Å²) in [5, 5.41) is 3.70. The lowest BCUT2D eigenvalue weighted by molar-refractivity contribution is 0.303. The van der Waals surface area contributed by atoms with Gasteiger partial charge < -0.3 is 10.1 Å². The fourth-order valence-corrected chi connectivity index (χ4v) is 2.68. The molecule has 2 aromatic rings. The van der Waals surface area contributed by atoms with Crippen LogP contribution >= 0.6 is 0 Å². The van der Waals surface area contributed by atoms with Gasteiger partial charge in [0, 0.05) is 6.04 Å². The van der Waals surface area contributed by atoms with E-state index < -0.39 is 0 Å². The third-order valence-electron chi connectivity index (χ3n) is 3.95. The molecule has 1 aliphatic carbocycles. The lowest BCUT2D eigenvalue weighted by Gasteiger charge is -2.18. The van der Waals surface area contributed by atoms with Gasteiger partial charge in [0.1, 0.15) is 5.75 Å². The summed E-state index contributed by atoms with van der Waals surface area (Å²) in [6, 6.07) is 21.4. The van der Waals surface area contributed by atoms with Crippen molar-refractivity contribution in [1.82, 2.24) is 5.32 Å². The van der Waals surface area contributed by atoms with Gasteiger partial charge in [-0.25, -0.2) is 0 Å². The highest BCUT2D eigenvalue weighted by molar-refractivity contribution is 5.21. The van der Waals surface area contributed by atoms with E-state index in [2.05, 4.69) is 35.6 Å². The van der Waals surface area contributed by atoms with E-state index in [1.54, 1.807) is 0 Å². The van der Waals surface area contributed by atoms with Crippen LogP contribution in [0.2, 0.25) is 0 Å². The Morgan fingerprint density at radius 3 is 2.29 bits per heavy atom. The Kier molecular flexibility index (Phi) is 4.90. The second-order valence-corrected chi connectivity index (χ2v) is 5.69. The molecule has 2 nitrogen and oxygen atoms in total. The average molecular weight is 281 g/mol. The van der Waals surface area contributed by atoms with Crippen molar-refractivity contribution in [2.24, 2.45) is 5.92 Å². The van der Waals surface area contributed by atoms with Crippen molar-refractivity contribution in [1.29, 1.82) is 0 Å². The Morgan fingerprint density at radius 1 is 0.952 bits per heavy atom. The Labute approximate surface area is 127 Å². The minimum atomic E-state index is 0.517. The third-order valence-corrected chi connectivity index (χ3v) is 3.95. The van der Waals surface area contributed by atoms with Crippen LogP contribution in [0, 0.1) is 5.92 Å². The van der Waals surface area contributed by atoms with E-state index in [1.807, 2.05) is 30.3 Å². The molecular formula is C19H23NO. The van der Waals surface area contributed by atoms with Crippen molar-refractivity contribution < 1.29 is 4.74 Å². The molecule has 2 aromatic carbocycles. The summed E-state index contributed by atoms with van der Waals surface area (Å²) in [4.78, 5) is 0. The van der Waals surface area contributed by atoms with Gasteiger partial charge in [0.05, 0.1) is 6.61 Å². The normalized spacial score (nSPS) is 15.6. The Balaban J connectivity index is 1.41. The zero-order chi connectivity index (χ0) is 14.3. The molecule has 21 heavy (non-hydrogen) atoms. The quantitative estimate of drug-likeness (QED) is 0.732. The zero-order valence-electron chi connectivity index (χ0n) is 12.4. The second-order valence-electron chi connectivity index (χ2n) is 5.69. The summed E-state index contributed by atoms with van der Waals surface area (Å²) >= 11 is 0. The first kappa shape index (κ1) is 14.2. The molecule has 0 radical (unpaired) electrons. The molecule has 2 heteroatoms. The lowest BCUT2D eigenvalue weighted by Crippen LogP contribution is -2.25. The molecule has 1 unspecified atom stereocenters. The van der Waals surface area contributed by atoms with Gasteiger partial charge >= 0.3 is 0 Å². The fourth-order valence-electron chi connectivity index (χ4n) is 2.68. The van der Waals surface area contributed by atoms with Crippen molar-refractivity contribution in [2.75, 3.05) is 13.2 Å². The number of benzene rings is 2. The minimum absolute atomic E-state index is 0.517. The van der Waals surface area contributed by atoms with Crippen LogP contribution in [0.3, 0.4) is 0 Å². The predicted octanol–water partition coefficient (Wildman–Crippen LogP) is 4.20. The van der Waals surface area contributed by atoms with Crippen molar-refractivity contribution in [3.8, 4) is 5.75 Å². The van der Waals surface area contributed by atoms with Crippen LogP contribution in [0.1, 0.15) is 30.9 Å². The smallest absolute Gasteiger partial charge is 0.119 e. The number of hydrogen-bond acceptors (Lipinski definition) is 2. The Morgan fingerprint density at radius 2 is 1.62 bits per heavy atom. The van der Waals surface area contributed by atoms with Crippen LogP contribution < -0.4 is 10.1 Å². The van der Waals surface area contributed by atoms with Crippen molar-refractivity contribution in [2.45, 2.75) is 25.3 Å².